The minimum atomic E-state index is -0.316. The summed E-state index contributed by atoms with van der Waals surface area (Å²) in [5.41, 5.74) is 6.66. The van der Waals surface area contributed by atoms with Crippen molar-refractivity contribution in [1.82, 2.24) is 10.2 Å². The van der Waals surface area contributed by atoms with Crippen molar-refractivity contribution in [2.75, 3.05) is 20.1 Å². The monoisotopic (exact) mass is 281 g/mol. The smallest absolute Gasteiger partial charge is 0.234 e. The minimum Gasteiger partial charge on any atom is -0.355 e. The summed E-state index contributed by atoms with van der Waals surface area (Å²) in [6, 6.07) is 6.04. The number of carbonyl (C=O) groups excluding carboxylic acids is 1. The van der Waals surface area contributed by atoms with Crippen molar-refractivity contribution in [2.24, 2.45) is 5.73 Å². The minimum absolute atomic E-state index is 0.0837. The van der Waals surface area contributed by atoms with Crippen molar-refractivity contribution in [3.63, 3.8) is 0 Å². The molecule has 3 N–H and O–H groups in total. The van der Waals surface area contributed by atoms with Crippen LogP contribution in [0.15, 0.2) is 24.3 Å². The van der Waals surface area contributed by atoms with Crippen molar-refractivity contribution in [3.05, 3.63) is 35.6 Å². The van der Waals surface area contributed by atoms with E-state index in [0.29, 0.717) is 18.5 Å². The summed E-state index contributed by atoms with van der Waals surface area (Å²) >= 11 is 0. The van der Waals surface area contributed by atoms with Crippen LogP contribution in [0.3, 0.4) is 0 Å². The molecule has 0 aromatic heterocycles. The Kier molecular flexibility index (Phi) is 6.61. The SMILES string of the molecule is CCNC(=O)CN(C)C(c1ccccc1F)C(N)CC. The number of hydrogen-bond donors (Lipinski definition) is 2. The van der Waals surface area contributed by atoms with Crippen molar-refractivity contribution in [2.45, 2.75) is 32.4 Å². The Morgan fingerprint density at radius 3 is 2.60 bits per heavy atom. The fourth-order valence-corrected chi connectivity index (χ4v) is 2.31. The fraction of sp³-hybridized carbons (Fsp3) is 0.533. The maximum Gasteiger partial charge on any atom is 0.234 e. The molecule has 20 heavy (non-hydrogen) atoms. The Labute approximate surface area is 120 Å². The van der Waals surface area contributed by atoms with Crippen LogP contribution in [0.5, 0.6) is 0 Å². The van der Waals surface area contributed by atoms with Gasteiger partial charge in [-0.2, -0.15) is 0 Å². The predicted molar refractivity (Wildman–Crippen MR) is 78.7 cm³/mol. The van der Waals surface area contributed by atoms with Crippen LogP contribution < -0.4 is 11.1 Å². The van der Waals surface area contributed by atoms with E-state index < -0.39 is 0 Å². The van der Waals surface area contributed by atoms with Crippen molar-refractivity contribution in [1.29, 1.82) is 0 Å². The standard InChI is InChI=1S/C15H24FN3O/c1-4-13(17)15(11-8-6-7-9-12(11)16)19(3)10-14(20)18-5-2/h6-9,13,15H,4-5,10,17H2,1-3H3,(H,18,20). The molecule has 0 heterocycles. The number of rotatable bonds is 7. The normalized spacial score (nSPS) is 14.1. The van der Waals surface area contributed by atoms with Gasteiger partial charge in [-0.1, -0.05) is 25.1 Å². The molecule has 0 aliphatic carbocycles. The molecule has 112 valence electrons. The van der Waals surface area contributed by atoms with Crippen molar-refractivity contribution in [3.8, 4) is 0 Å². The first-order chi connectivity index (χ1) is 9.51. The van der Waals surface area contributed by atoms with E-state index in [9.17, 15) is 9.18 Å². The molecular formula is C15H24FN3O. The number of likely N-dealkylation sites (N-methyl/N-ethyl adjacent to an activating group) is 2. The predicted octanol–water partition coefficient (Wildman–Crippen LogP) is 1.67. The van der Waals surface area contributed by atoms with E-state index in [2.05, 4.69) is 5.32 Å². The molecule has 0 aliphatic rings. The van der Waals surface area contributed by atoms with Gasteiger partial charge in [-0.05, 0) is 26.5 Å². The van der Waals surface area contributed by atoms with Gasteiger partial charge < -0.3 is 11.1 Å². The second kappa shape index (κ2) is 7.97. The molecule has 0 bridgehead atoms. The Morgan fingerprint density at radius 2 is 2.05 bits per heavy atom. The molecule has 0 radical (unpaired) electrons. The highest BCUT2D eigenvalue weighted by Crippen LogP contribution is 2.25. The van der Waals surface area contributed by atoms with Crippen molar-refractivity contribution >= 4 is 5.91 Å². The number of nitrogens with one attached hydrogen (secondary N) is 1. The van der Waals surface area contributed by atoms with Crippen LogP contribution in [0.25, 0.3) is 0 Å². The van der Waals surface area contributed by atoms with Crippen LogP contribution in [-0.2, 0) is 4.79 Å². The van der Waals surface area contributed by atoms with Crippen molar-refractivity contribution < 1.29 is 9.18 Å². The van der Waals surface area contributed by atoms with E-state index in [1.807, 2.05) is 13.8 Å². The van der Waals surface area contributed by atoms with Gasteiger partial charge >= 0.3 is 0 Å². The van der Waals surface area contributed by atoms with Gasteiger partial charge in [-0.15, -0.1) is 0 Å². The number of carbonyl (C=O) groups is 1. The lowest BCUT2D eigenvalue weighted by Crippen LogP contribution is -2.44. The number of hydrogen-bond acceptors (Lipinski definition) is 3. The zero-order valence-electron chi connectivity index (χ0n) is 12.4. The molecule has 2 atom stereocenters. The molecule has 1 rings (SSSR count). The molecule has 0 aliphatic heterocycles. The van der Waals surface area contributed by atoms with Crippen LogP contribution in [-0.4, -0.2) is 37.0 Å². The third-order valence-electron chi connectivity index (χ3n) is 3.34. The van der Waals surface area contributed by atoms with E-state index in [-0.39, 0.29) is 30.4 Å². The first-order valence-corrected chi connectivity index (χ1v) is 6.98. The third-order valence-corrected chi connectivity index (χ3v) is 3.34. The Hall–Kier alpha value is -1.46. The Morgan fingerprint density at radius 1 is 1.40 bits per heavy atom. The lowest BCUT2D eigenvalue weighted by molar-refractivity contribution is -0.122. The molecule has 1 aromatic carbocycles. The third kappa shape index (κ3) is 4.28. The molecule has 1 aromatic rings. The molecule has 4 nitrogen and oxygen atoms in total. The average molecular weight is 281 g/mol. The van der Waals surface area contributed by atoms with Crippen LogP contribution in [0, 0.1) is 5.82 Å². The van der Waals surface area contributed by atoms with E-state index >= 15 is 0 Å². The second-order valence-electron chi connectivity index (χ2n) is 4.91. The van der Waals surface area contributed by atoms with Gasteiger partial charge in [0.25, 0.3) is 0 Å². The Balaban J connectivity index is 2.95. The number of nitrogens with zero attached hydrogens (tertiary/aromatic N) is 1. The zero-order chi connectivity index (χ0) is 15.1. The summed E-state index contributed by atoms with van der Waals surface area (Å²) in [4.78, 5) is 13.5. The maximum atomic E-state index is 14.0. The van der Waals surface area contributed by atoms with E-state index in [1.165, 1.54) is 6.07 Å². The highest BCUT2D eigenvalue weighted by Gasteiger charge is 2.26. The quantitative estimate of drug-likeness (QED) is 0.799. The average Bonchev–Trinajstić information content (AvgIpc) is 2.41. The lowest BCUT2D eigenvalue weighted by atomic mass is 9.96. The van der Waals surface area contributed by atoms with Crippen LogP contribution in [0.1, 0.15) is 31.9 Å². The summed E-state index contributed by atoms with van der Waals surface area (Å²) in [5.74, 6) is -0.371. The summed E-state index contributed by atoms with van der Waals surface area (Å²) in [7, 11) is 1.79. The van der Waals surface area contributed by atoms with E-state index in [1.54, 1.807) is 30.1 Å². The highest BCUT2D eigenvalue weighted by molar-refractivity contribution is 5.77. The van der Waals surface area contributed by atoms with Crippen LogP contribution >= 0.6 is 0 Å². The second-order valence-corrected chi connectivity index (χ2v) is 4.91. The van der Waals surface area contributed by atoms with Crippen LogP contribution in [0.2, 0.25) is 0 Å². The first kappa shape index (κ1) is 16.6. The van der Waals surface area contributed by atoms with E-state index in [4.69, 9.17) is 5.73 Å². The summed E-state index contributed by atoms with van der Waals surface area (Å²) < 4.78 is 14.0. The first-order valence-electron chi connectivity index (χ1n) is 6.98. The number of benzene rings is 1. The summed E-state index contributed by atoms with van der Waals surface area (Å²) in [6.45, 7) is 4.60. The number of amides is 1. The molecule has 2 unspecified atom stereocenters. The molecular weight excluding hydrogens is 257 g/mol. The summed E-state index contributed by atoms with van der Waals surface area (Å²) in [5, 5.41) is 2.74. The van der Waals surface area contributed by atoms with Gasteiger partial charge in [0, 0.05) is 18.2 Å². The molecule has 0 saturated carbocycles. The topological polar surface area (TPSA) is 58.4 Å². The highest BCUT2D eigenvalue weighted by atomic mass is 19.1. The lowest BCUT2D eigenvalue weighted by Gasteiger charge is -2.32. The van der Waals surface area contributed by atoms with Gasteiger partial charge in [0.05, 0.1) is 12.6 Å². The number of nitrogens with two attached hydrogens (primary N) is 1. The Bertz CT molecular complexity index is 439. The summed E-state index contributed by atoms with van der Waals surface area (Å²) in [6.07, 6.45) is 0.707. The molecule has 0 spiro atoms. The maximum absolute atomic E-state index is 14.0. The zero-order valence-corrected chi connectivity index (χ0v) is 12.4. The van der Waals surface area contributed by atoms with Gasteiger partial charge in [0.1, 0.15) is 5.82 Å². The van der Waals surface area contributed by atoms with Gasteiger partial charge in [-0.25, -0.2) is 4.39 Å². The molecule has 1 amide bonds. The molecule has 5 heteroatoms. The largest absolute Gasteiger partial charge is 0.355 e. The van der Waals surface area contributed by atoms with Gasteiger partial charge in [-0.3, -0.25) is 9.69 Å². The van der Waals surface area contributed by atoms with Gasteiger partial charge in [0.2, 0.25) is 5.91 Å². The van der Waals surface area contributed by atoms with Gasteiger partial charge in [0.15, 0.2) is 0 Å². The number of halogens is 1. The van der Waals surface area contributed by atoms with E-state index in [0.717, 1.165) is 0 Å². The van der Waals surface area contributed by atoms with Crippen LogP contribution in [0.4, 0.5) is 4.39 Å². The molecule has 0 fully saturated rings. The fourth-order valence-electron chi connectivity index (χ4n) is 2.31. The molecule has 0 saturated heterocycles.